The molecule has 0 aliphatic heterocycles. The summed E-state index contributed by atoms with van der Waals surface area (Å²) in [5.74, 6) is 1.53. The number of pyridine rings is 1. The van der Waals surface area contributed by atoms with Gasteiger partial charge in [0.2, 0.25) is 0 Å². The lowest BCUT2D eigenvalue weighted by atomic mass is 10.1. The minimum Gasteiger partial charge on any atom is -0.293 e. The Kier molecular flexibility index (Phi) is 3.30. The number of nitrogens with zero attached hydrogens (tertiary/aromatic N) is 4. The van der Waals surface area contributed by atoms with E-state index in [-0.39, 0.29) is 0 Å². The van der Waals surface area contributed by atoms with Gasteiger partial charge >= 0.3 is 0 Å². The molecule has 0 bridgehead atoms. The topological polar surface area (TPSA) is 43.6 Å². The first kappa shape index (κ1) is 15.5. The molecule has 0 aliphatic rings. The van der Waals surface area contributed by atoms with Crippen LogP contribution in [0.4, 0.5) is 0 Å². The van der Waals surface area contributed by atoms with Gasteiger partial charge in [-0.25, -0.2) is 9.97 Å². The maximum Gasteiger partial charge on any atom is 0.163 e. The first-order chi connectivity index (χ1) is 13.9. The lowest BCUT2D eigenvalue weighted by Crippen LogP contribution is -2.00. The molecule has 0 aliphatic carbocycles. The number of aromatic nitrogens is 4. The molecule has 0 radical (unpaired) electrons. The van der Waals surface area contributed by atoms with E-state index in [0.29, 0.717) is 5.82 Å². The number of benzene rings is 2. The number of hydrogen-bond donors (Lipinski definition) is 0. The van der Waals surface area contributed by atoms with Crippen LogP contribution in [0.15, 0.2) is 84.6 Å². The van der Waals surface area contributed by atoms with Crippen molar-refractivity contribution in [3.05, 3.63) is 84.6 Å². The molecule has 6 rings (SSSR count). The molecule has 0 saturated heterocycles. The Bertz CT molecular complexity index is 1460. The molecule has 4 aromatic heterocycles. The third-order valence-corrected chi connectivity index (χ3v) is 5.94. The average molecular weight is 378 g/mol. The molecule has 0 amide bonds. The van der Waals surface area contributed by atoms with Gasteiger partial charge in [-0.1, -0.05) is 24.3 Å². The van der Waals surface area contributed by atoms with Crippen LogP contribution in [0, 0.1) is 0 Å². The largest absolute Gasteiger partial charge is 0.293 e. The predicted octanol–water partition coefficient (Wildman–Crippen LogP) is 5.85. The van der Waals surface area contributed by atoms with Gasteiger partial charge in [0, 0.05) is 45.0 Å². The molecule has 4 nitrogen and oxygen atoms in total. The van der Waals surface area contributed by atoms with E-state index in [2.05, 4.69) is 62.4 Å². The minimum absolute atomic E-state index is 0.675. The fourth-order valence-electron chi connectivity index (χ4n) is 3.85. The highest BCUT2D eigenvalue weighted by Crippen LogP contribution is 2.37. The molecule has 0 saturated carbocycles. The molecule has 2 aromatic carbocycles. The first-order valence-corrected chi connectivity index (χ1v) is 9.91. The molecule has 0 atom stereocenters. The highest BCUT2D eigenvalue weighted by atomic mass is 32.1. The van der Waals surface area contributed by atoms with Crippen LogP contribution in [0.25, 0.3) is 49.1 Å². The Morgan fingerprint density at radius 3 is 2.68 bits per heavy atom. The highest BCUT2D eigenvalue weighted by Gasteiger charge is 2.16. The van der Waals surface area contributed by atoms with Crippen molar-refractivity contribution in [1.29, 1.82) is 0 Å². The van der Waals surface area contributed by atoms with Crippen LogP contribution in [-0.2, 0) is 0 Å². The van der Waals surface area contributed by atoms with Crippen LogP contribution >= 0.6 is 11.3 Å². The maximum absolute atomic E-state index is 4.89. The molecule has 0 spiro atoms. The predicted molar refractivity (Wildman–Crippen MR) is 115 cm³/mol. The molecule has 5 heteroatoms. The summed E-state index contributed by atoms with van der Waals surface area (Å²) < 4.78 is 3.53. The van der Waals surface area contributed by atoms with Gasteiger partial charge in [-0.05, 0) is 41.8 Å². The summed E-state index contributed by atoms with van der Waals surface area (Å²) in [6.07, 6.45) is 5.37. The molecule has 6 aromatic rings. The van der Waals surface area contributed by atoms with Gasteiger partial charge in [0.05, 0.1) is 11.0 Å². The van der Waals surface area contributed by atoms with Crippen LogP contribution in [-0.4, -0.2) is 19.5 Å². The lowest BCUT2D eigenvalue weighted by Gasteiger charge is -2.09. The summed E-state index contributed by atoms with van der Waals surface area (Å²) in [4.78, 5) is 13.6. The van der Waals surface area contributed by atoms with E-state index in [1.165, 1.54) is 26.4 Å². The fourth-order valence-corrected chi connectivity index (χ4v) is 4.64. The SMILES string of the molecule is c1cncc(-c2nccc(-n3c4ccccc4c4ccc5sccc5c43)n2)c1. The second-order valence-corrected chi connectivity index (χ2v) is 7.57. The van der Waals surface area contributed by atoms with Crippen molar-refractivity contribution in [2.45, 2.75) is 0 Å². The summed E-state index contributed by atoms with van der Waals surface area (Å²) in [5, 5.41) is 5.86. The van der Waals surface area contributed by atoms with E-state index < -0.39 is 0 Å². The van der Waals surface area contributed by atoms with Gasteiger partial charge in [-0.2, -0.15) is 0 Å². The number of hydrogen-bond acceptors (Lipinski definition) is 4. The third kappa shape index (κ3) is 2.20. The van der Waals surface area contributed by atoms with E-state index in [9.17, 15) is 0 Å². The van der Waals surface area contributed by atoms with E-state index in [4.69, 9.17) is 4.98 Å². The second kappa shape index (κ2) is 5.97. The molecular weight excluding hydrogens is 364 g/mol. The van der Waals surface area contributed by atoms with Crippen LogP contribution in [0.5, 0.6) is 0 Å². The number of rotatable bonds is 2. The standard InChI is InChI=1S/C23H14N4S/c1-2-6-19-16(5-1)17-7-8-20-18(10-13-28-20)22(17)27(19)21-9-12-25-23(26-21)15-4-3-11-24-14-15/h1-14H. The summed E-state index contributed by atoms with van der Waals surface area (Å²) in [6, 6.07) is 21.0. The quantitative estimate of drug-likeness (QED) is 0.379. The maximum atomic E-state index is 4.89. The van der Waals surface area contributed by atoms with Crippen molar-refractivity contribution in [3.8, 4) is 17.2 Å². The molecule has 0 N–H and O–H groups in total. The summed E-state index contributed by atoms with van der Waals surface area (Å²) in [6.45, 7) is 0. The summed E-state index contributed by atoms with van der Waals surface area (Å²) in [7, 11) is 0. The second-order valence-electron chi connectivity index (χ2n) is 6.63. The molecule has 0 unspecified atom stereocenters. The molecular formula is C23H14N4S. The zero-order valence-corrected chi connectivity index (χ0v) is 15.6. The van der Waals surface area contributed by atoms with E-state index in [0.717, 1.165) is 16.9 Å². The van der Waals surface area contributed by atoms with Crippen molar-refractivity contribution >= 4 is 43.2 Å². The first-order valence-electron chi connectivity index (χ1n) is 9.03. The van der Waals surface area contributed by atoms with Crippen molar-refractivity contribution < 1.29 is 0 Å². The average Bonchev–Trinajstić information content (AvgIpc) is 3.37. The van der Waals surface area contributed by atoms with Crippen molar-refractivity contribution in [1.82, 2.24) is 19.5 Å². The van der Waals surface area contributed by atoms with Gasteiger partial charge in [0.15, 0.2) is 5.82 Å². The van der Waals surface area contributed by atoms with Crippen molar-refractivity contribution in [2.75, 3.05) is 0 Å². The summed E-state index contributed by atoms with van der Waals surface area (Å²) in [5.41, 5.74) is 3.24. The monoisotopic (exact) mass is 378 g/mol. The lowest BCUT2D eigenvalue weighted by molar-refractivity contribution is 1.04. The smallest absolute Gasteiger partial charge is 0.163 e. The zero-order valence-electron chi connectivity index (χ0n) is 14.8. The normalized spacial score (nSPS) is 11.6. The van der Waals surface area contributed by atoms with E-state index >= 15 is 0 Å². The van der Waals surface area contributed by atoms with Crippen LogP contribution in [0.1, 0.15) is 0 Å². The third-order valence-electron chi connectivity index (χ3n) is 5.06. The Morgan fingerprint density at radius 2 is 1.75 bits per heavy atom. The van der Waals surface area contributed by atoms with Gasteiger partial charge in [-0.3, -0.25) is 9.55 Å². The zero-order chi connectivity index (χ0) is 18.5. The van der Waals surface area contributed by atoms with Crippen molar-refractivity contribution in [2.24, 2.45) is 0 Å². The Hall–Kier alpha value is -3.57. The highest BCUT2D eigenvalue weighted by molar-refractivity contribution is 7.17. The van der Waals surface area contributed by atoms with Gasteiger partial charge in [0.1, 0.15) is 5.82 Å². The van der Waals surface area contributed by atoms with Crippen LogP contribution in [0.2, 0.25) is 0 Å². The molecule has 4 heterocycles. The van der Waals surface area contributed by atoms with E-state index in [1.807, 2.05) is 24.4 Å². The molecule has 28 heavy (non-hydrogen) atoms. The van der Waals surface area contributed by atoms with Crippen LogP contribution in [0.3, 0.4) is 0 Å². The van der Waals surface area contributed by atoms with Crippen LogP contribution < -0.4 is 0 Å². The molecule has 132 valence electrons. The Labute approximate surface area is 164 Å². The van der Waals surface area contributed by atoms with Gasteiger partial charge < -0.3 is 0 Å². The fraction of sp³-hybridized carbons (Fsp3) is 0. The molecule has 0 fully saturated rings. The minimum atomic E-state index is 0.675. The number of thiophene rings is 1. The Balaban J connectivity index is 1.73. The number of fused-ring (bicyclic) bond motifs is 5. The van der Waals surface area contributed by atoms with Gasteiger partial charge in [-0.15, -0.1) is 11.3 Å². The van der Waals surface area contributed by atoms with Crippen molar-refractivity contribution in [3.63, 3.8) is 0 Å². The van der Waals surface area contributed by atoms with Gasteiger partial charge in [0.25, 0.3) is 0 Å². The van der Waals surface area contributed by atoms with E-state index in [1.54, 1.807) is 23.7 Å². The summed E-state index contributed by atoms with van der Waals surface area (Å²) >= 11 is 1.76. The number of para-hydroxylation sites is 1. The Morgan fingerprint density at radius 1 is 0.786 bits per heavy atom.